The molecule has 0 radical (unpaired) electrons. The third-order valence-electron chi connectivity index (χ3n) is 13.5. The van der Waals surface area contributed by atoms with Crippen molar-refractivity contribution in [2.24, 2.45) is 0 Å². The van der Waals surface area contributed by atoms with Gasteiger partial charge in [-0.25, -0.2) is 15.0 Å². The third-order valence-corrected chi connectivity index (χ3v) is 14.8. The number of thiophene rings is 1. The van der Waals surface area contributed by atoms with Gasteiger partial charge in [0.25, 0.3) is 0 Å². The fourth-order valence-electron chi connectivity index (χ4n) is 10.4. The lowest BCUT2D eigenvalue weighted by Gasteiger charge is -2.18. The van der Waals surface area contributed by atoms with Crippen molar-refractivity contribution in [2.45, 2.75) is 6.92 Å². The summed E-state index contributed by atoms with van der Waals surface area (Å²) in [6, 6.07) is 67.4. The highest BCUT2D eigenvalue weighted by Crippen LogP contribution is 2.46. The fourth-order valence-corrected chi connectivity index (χ4v) is 11.6. The number of nitrogens with zero attached hydrogens (tertiary/aromatic N) is 4. The van der Waals surface area contributed by atoms with Crippen molar-refractivity contribution >= 4 is 96.8 Å². The van der Waals surface area contributed by atoms with E-state index in [9.17, 15) is 5.11 Å². The van der Waals surface area contributed by atoms with Crippen molar-refractivity contribution in [3.05, 3.63) is 200 Å². The summed E-state index contributed by atoms with van der Waals surface area (Å²) in [5.74, 6) is 1.37. The van der Waals surface area contributed by atoms with Crippen molar-refractivity contribution < 1.29 is 9.52 Å². The van der Waals surface area contributed by atoms with Crippen molar-refractivity contribution in [1.29, 1.82) is 0 Å². The molecule has 1 N–H and O–H groups in total. The van der Waals surface area contributed by atoms with Crippen LogP contribution in [-0.2, 0) is 0 Å². The van der Waals surface area contributed by atoms with Crippen molar-refractivity contribution in [2.75, 3.05) is 0 Å². The minimum Gasteiger partial charge on any atom is -0.507 e. The molecule has 4 heterocycles. The van der Waals surface area contributed by atoms with Crippen LogP contribution >= 0.6 is 11.3 Å². The summed E-state index contributed by atoms with van der Waals surface area (Å²) in [6.07, 6.45) is 0. The van der Waals surface area contributed by atoms with E-state index in [4.69, 9.17) is 19.4 Å². The Bertz CT molecular complexity index is 4260. The number of benzene rings is 10. The summed E-state index contributed by atoms with van der Waals surface area (Å²) in [7, 11) is 0. The maximum Gasteiger partial charge on any atom is 0.167 e. The van der Waals surface area contributed by atoms with Crippen molar-refractivity contribution in [1.82, 2.24) is 19.5 Å². The number of furan rings is 1. The Morgan fingerprint density at radius 1 is 0.433 bits per heavy atom. The molecule has 0 spiro atoms. The molecule has 0 aliphatic rings. The molecule has 314 valence electrons. The second-order valence-electron chi connectivity index (χ2n) is 17.3. The van der Waals surface area contributed by atoms with E-state index >= 15 is 0 Å². The molecule has 0 atom stereocenters. The zero-order chi connectivity index (χ0) is 44.3. The number of rotatable bonds is 5. The molecule has 10 aromatic carbocycles. The molecule has 14 aromatic rings. The molecule has 67 heavy (non-hydrogen) atoms. The Labute approximate surface area is 387 Å². The lowest BCUT2D eigenvalue weighted by atomic mass is 9.92. The van der Waals surface area contributed by atoms with Gasteiger partial charge in [0.2, 0.25) is 0 Å². The van der Waals surface area contributed by atoms with Crippen LogP contribution in [0.25, 0.3) is 136 Å². The average Bonchev–Trinajstić information content (AvgIpc) is 4.06. The summed E-state index contributed by atoms with van der Waals surface area (Å²) in [4.78, 5) is 16.1. The Kier molecular flexibility index (Phi) is 8.12. The summed E-state index contributed by atoms with van der Waals surface area (Å²) >= 11 is 1.73. The maximum atomic E-state index is 13.0. The van der Waals surface area contributed by atoms with Crippen LogP contribution in [0, 0.1) is 6.92 Å². The molecular weight excluding hydrogens is 841 g/mol. The van der Waals surface area contributed by atoms with Gasteiger partial charge in [0.1, 0.15) is 16.9 Å². The first-order valence-electron chi connectivity index (χ1n) is 22.4. The van der Waals surface area contributed by atoms with Crippen LogP contribution < -0.4 is 0 Å². The molecule has 0 aliphatic carbocycles. The number of fused-ring (bicyclic) bond motifs is 11. The van der Waals surface area contributed by atoms with Crippen LogP contribution in [0.5, 0.6) is 5.75 Å². The average molecular weight is 877 g/mol. The van der Waals surface area contributed by atoms with Gasteiger partial charge < -0.3 is 14.1 Å². The molecule has 6 nitrogen and oxygen atoms in total. The number of hydrogen-bond acceptors (Lipinski definition) is 6. The predicted molar refractivity (Wildman–Crippen MR) is 277 cm³/mol. The highest BCUT2D eigenvalue weighted by Gasteiger charge is 2.25. The molecule has 14 rings (SSSR count). The van der Waals surface area contributed by atoms with Crippen LogP contribution in [-0.4, -0.2) is 24.6 Å². The SMILES string of the molecule is Cc1c(-c2cc(-n3c4ccccc4c4cc5ccccc5cc43)cc(-c3nc(-c4cccc5c4oc4ccccc45)nc(-c4cccc5c4sc4ccccc45)n3)c2O)ccc2ccccc12. The van der Waals surface area contributed by atoms with Gasteiger partial charge in [-0.1, -0.05) is 140 Å². The second kappa shape index (κ2) is 14.4. The first-order chi connectivity index (χ1) is 33.0. The Hall–Kier alpha value is -8.65. The summed E-state index contributed by atoms with van der Waals surface area (Å²) in [5, 5.41) is 24.2. The summed E-state index contributed by atoms with van der Waals surface area (Å²) in [6.45, 7) is 2.13. The molecule has 0 saturated heterocycles. The molecule has 0 aliphatic heterocycles. The molecule has 0 fully saturated rings. The van der Waals surface area contributed by atoms with Crippen LogP contribution in [0.2, 0.25) is 0 Å². The van der Waals surface area contributed by atoms with Gasteiger partial charge in [-0.15, -0.1) is 11.3 Å². The van der Waals surface area contributed by atoms with E-state index in [2.05, 4.69) is 169 Å². The summed E-state index contributed by atoms with van der Waals surface area (Å²) in [5.41, 5.74) is 9.22. The van der Waals surface area contributed by atoms with Gasteiger partial charge in [-0.3, -0.25) is 0 Å². The Morgan fingerprint density at radius 2 is 1.04 bits per heavy atom. The fraction of sp³-hybridized carbons (Fsp3) is 0.0167. The topological polar surface area (TPSA) is 77.0 Å². The lowest BCUT2D eigenvalue weighted by molar-refractivity contribution is 0.478. The highest BCUT2D eigenvalue weighted by molar-refractivity contribution is 7.26. The number of hydrogen-bond donors (Lipinski definition) is 1. The normalized spacial score (nSPS) is 12.0. The minimum atomic E-state index is 0.0819. The molecular formula is C60H36N4O2S. The number of phenolic OH excluding ortho intramolecular Hbond substituents is 1. The van der Waals surface area contributed by atoms with Gasteiger partial charge >= 0.3 is 0 Å². The third kappa shape index (κ3) is 5.71. The monoisotopic (exact) mass is 876 g/mol. The van der Waals surface area contributed by atoms with Gasteiger partial charge in [0, 0.05) is 58.5 Å². The van der Waals surface area contributed by atoms with Crippen LogP contribution in [0.15, 0.2) is 199 Å². The number of aromatic hydroxyl groups is 1. The molecule has 4 aromatic heterocycles. The zero-order valence-electron chi connectivity index (χ0n) is 36.0. The molecule has 7 heteroatoms. The van der Waals surface area contributed by atoms with E-state index in [-0.39, 0.29) is 5.75 Å². The molecule has 0 unspecified atom stereocenters. The van der Waals surface area contributed by atoms with E-state index in [1.165, 1.54) is 15.5 Å². The number of phenols is 1. The van der Waals surface area contributed by atoms with E-state index in [0.29, 0.717) is 34.2 Å². The Morgan fingerprint density at radius 3 is 1.88 bits per heavy atom. The van der Waals surface area contributed by atoms with Crippen LogP contribution in [0.1, 0.15) is 5.56 Å². The molecule has 0 bridgehead atoms. The smallest absolute Gasteiger partial charge is 0.167 e. The van der Waals surface area contributed by atoms with E-state index in [1.54, 1.807) is 11.3 Å². The van der Waals surface area contributed by atoms with Gasteiger partial charge in [0.05, 0.1) is 22.2 Å². The molecule has 0 saturated carbocycles. The molecule has 0 amide bonds. The minimum absolute atomic E-state index is 0.0819. The number of aryl methyl sites for hydroxylation is 1. The van der Waals surface area contributed by atoms with Gasteiger partial charge in [0.15, 0.2) is 17.5 Å². The quantitative estimate of drug-likeness (QED) is 0.186. The van der Waals surface area contributed by atoms with Gasteiger partial charge in [-0.05, 0) is 94.2 Å². The van der Waals surface area contributed by atoms with Gasteiger partial charge in [-0.2, -0.15) is 0 Å². The first-order valence-corrected chi connectivity index (χ1v) is 23.2. The van der Waals surface area contributed by atoms with Crippen LogP contribution in [0.3, 0.4) is 0 Å². The second-order valence-corrected chi connectivity index (χ2v) is 18.3. The van der Waals surface area contributed by atoms with E-state index in [1.807, 2.05) is 36.4 Å². The first kappa shape index (κ1) is 37.7. The standard InChI is InChI=1S/C60H36N4O2S/c1-34-39-17-5-4-14-35(39)28-29-40(34)49-32-38(64-51-25-9-6-18-41(51)48-30-36-15-2-3-16-37(36)31-52(48)64)33-50(55(49)65)60-62-58(46-23-12-21-44-42-19-7-10-26-53(42)66-56(44)46)61-59(63-60)47-24-13-22-45-43-20-8-11-27-54(43)67-57(45)47/h2-33,65H,1H3. The van der Waals surface area contributed by atoms with Crippen molar-refractivity contribution in [3.63, 3.8) is 0 Å². The maximum absolute atomic E-state index is 13.0. The highest BCUT2D eigenvalue weighted by atomic mass is 32.1. The van der Waals surface area contributed by atoms with Crippen LogP contribution in [0.4, 0.5) is 0 Å². The largest absolute Gasteiger partial charge is 0.507 e. The predicted octanol–water partition coefficient (Wildman–Crippen LogP) is 16.2. The van der Waals surface area contributed by atoms with E-state index in [0.717, 1.165) is 92.3 Å². The van der Waals surface area contributed by atoms with Crippen molar-refractivity contribution in [3.8, 4) is 56.7 Å². The number of aromatic nitrogens is 4. The zero-order valence-corrected chi connectivity index (χ0v) is 36.8. The summed E-state index contributed by atoms with van der Waals surface area (Å²) < 4.78 is 11.2. The number of para-hydroxylation sites is 3. The lowest BCUT2D eigenvalue weighted by Crippen LogP contribution is -2.03. The van der Waals surface area contributed by atoms with E-state index < -0.39 is 0 Å². The Balaban J connectivity index is 1.10.